The molecule has 0 aliphatic heterocycles. The summed E-state index contributed by atoms with van der Waals surface area (Å²) in [5.41, 5.74) is 0. The van der Waals surface area contributed by atoms with Gasteiger partial charge in [-0.2, -0.15) is 0 Å². The summed E-state index contributed by atoms with van der Waals surface area (Å²) in [5.74, 6) is -0.471. The number of hydrogen-bond acceptors (Lipinski definition) is 7. The molecule has 0 aliphatic rings. The van der Waals surface area contributed by atoms with Gasteiger partial charge in [0.05, 0.1) is 13.2 Å². The quantitative estimate of drug-likeness (QED) is 0.0351. The first-order valence-corrected chi connectivity index (χ1v) is 31.0. The number of likely N-dealkylation sites (N-methyl/N-ethyl adjacent to an activating group) is 1. The lowest BCUT2D eigenvalue weighted by atomic mass is 9.89. The Hall–Kier alpha value is -2.76. The van der Waals surface area contributed by atoms with Gasteiger partial charge in [0.2, 0.25) is 23.6 Å². The molecule has 0 saturated carbocycles. The second-order valence-corrected chi connectivity index (χ2v) is 21.3. The Morgan fingerprint density at radius 3 is 1.01 bits per heavy atom. The maximum atomic E-state index is 14.1. The summed E-state index contributed by atoms with van der Waals surface area (Å²) in [5, 5.41) is 26.6. The molecule has 4 N–H and O–H groups in total. The Bertz CT molecular complexity index is 1360. The maximum absolute atomic E-state index is 14.1. The molecule has 0 aliphatic carbocycles. The number of carbonyl (C=O) groups is 4. The lowest BCUT2D eigenvalue weighted by Gasteiger charge is -2.36. The summed E-state index contributed by atoms with van der Waals surface area (Å²) in [7, 11) is 1.96. The highest BCUT2D eigenvalue weighted by Crippen LogP contribution is 2.25. The minimum Gasteiger partial charge on any atom is -0.395 e. The van der Waals surface area contributed by atoms with Crippen molar-refractivity contribution < 1.29 is 29.4 Å². The number of aliphatic hydroxyl groups excluding tert-OH is 2. The Morgan fingerprint density at radius 1 is 0.411 bits per heavy atom. The van der Waals surface area contributed by atoms with E-state index in [-0.39, 0.29) is 61.8 Å². The molecule has 0 saturated heterocycles. The van der Waals surface area contributed by atoms with E-state index in [2.05, 4.69) is 81.4 Å². The van der Waals surface area contributed by atoms with E-state index in [1.165, 1.54) is 96.3 Å². The zero-order valence-corrected chi connectivity index (χ0v) is 48.9. The van der Waals surface area contributed by atoms with Crippen LogP contribution in [0, 0.1) is 11.8 Å². The SMILES string of the molecule is CCCCCCC/C=C\CCCCCCCC(=O)N(CCO)C(C(=O)NCCN(C)CCNC(=O)C(C(CC)CCCC)N(CCO)C(=O)CCCCCCC/C=C\CCCCCCCC)C(CC)CCCC. The minimum absolute atomic E-state index is 0.00999. The molecule has 0 aromatic carbocycles. The zero-order valence-electron chi connectivity index (χ0n) is 48.9. The Kier molecular flexibility index (Phi) is 49.4. The van der Waals surface area contributed by atoms with Crippen LogP contribution in [0.3, 0.4) is 0 Å². The number of nitrogens with zero attached hydrogens (tertiary/aromatic N) is 3. The van der Waals surface area contributed by atoms with Crippen LogP contribution in [0.5, 0.6) is 0 Å². The summed E-state index contributed by atoms with van der Waals surface area (Å²) in [4.78, 5) is 61.3. The summed E-state index contributed by atoms with van der Waals surface area (Å²) in [6, 6.07) is -1.28. The van der Waals surface area contributed by atoms with Crippen LogP contribution in [-0.2, 0) is 19.2 Å². The fourth-order valence-corrected chi connectivity index (χ4v) is 10.2. The second-order valence-electron chi connectivity index (χ2n) is 21.3. The van der Waals surface area contributed by atoms with E-state index in [4.69, 9.17) is 0 Å². The van der Waals surface area contributed by atoms with Gasteiger partial charge in [0.15, 0.2) is 0 Å². The van der Waals surface area contributed by atoms with Crippen molar-refractivity contribution in [1.82, 2.24) is 25.3 Å². The highest BCUT2D eigenvalue weighted by atomic mass is 16.3. The van der Waals surface area contributed by atoms with E-state index in [1.54, 1.807) is 9.80 Å². The Labute approximate surface area is 450 Å². The summed E-state index contributed by atoms with van der Waals surface area (Å²) in [6.07, 6.45) is 46.7. The molecule has 428 valence electrons. The Balaban J connectivity index is 5.30. The number of carbonyl (C=O) groups excluding carboxylic acids is 4. The summed E-state index contributed by atoms with van der Waals surface area (Å²) in [6.45, 7) is 14.7. The number of hydrogen-bond donors (Lipinski definition) is 4. The third-order valence-corrected chi connectivity index (χ3v) is 15.0. The third kappa shape index (κ3) is 36.8. The molecule has 11 heteroatoms. The first-order valence-electron chi connectivity index (χ1n) is 31.0. The van der Waals surface area contributed by atoms with E-state index in [0.29, 0.717) is 39.0 Å². The van der Waals surface area contributed by atoms with Crippen LogP contribution in [0.15, 0.2) is 24.3 Å². The molecular weight excluding hydrogens is 911 g/mol. The molecule has 0 rings (SSSR count). The van der Waals surface area contributed by atoms with Crippen molar-refractivity contribution in [3.8, 4) is 0 Å². The number of rotatable bonds is 53. The van der Waals surface area contributed by atoms with Gasteiger partial charge in [-0.25, -0.2) is 0 Å². The smallest absolute Gasteiger partial charge is 0.243 e. The van der Waals surface area contributed by atoms with Crippen LogP contribution in [0.2, 0.25) is 0 Å². The van der Waals surface area contributed by atoms with Gasteiger partial charge in [0.25, 0.3) is 0 Å². The molecular formula is C62H119N5O6. The molecule has 0 bridgehead atoms. The van der Waals surface area contributed by atoms with Crippen molar-refractivity contribution >= 4 is 23.6 Å². The minimum atomic E-state index is -0.642. The fraction of sp³-hybridized carbons (Fsp3) is 0.871. The van der Waals surface area contributed by atoms with Crippen LogP contribution in [0.1, 0.15) is 266 Å². The molecule has 0 aromatic rings. The van der Waals surface area contributed by atoms with Gasteiger partial charge in [-0.05, 0) is 95.9 Å². The molecule has 4 atom stereocenters. The molecule has 11 nitrogen and oxygen atoms in total. The topological polar surface area (TPSA) is 143 Å². The van der Waals surface area contributed by atoms with Crippen molar-refractivity contribution in [3.63, 3.8) is 0 Å². The third-order valence-electron chi connectivity index (χ3n) is 15.0. The summed E-state index contributed by atoms with van der Waals surface area (Å²) < 4.78 is 0. The van der Waals surface area contributed by atoms with E-state index in [1.807, 2.05) is 7.05 Å². The molecule has 0 aromatic heterocycles. The lowest BCUT2D eigenvalue weighted by molar-refractivity contribution is -0.143. The number of allylic oxidation sites excluding steroid dienone is 4. The van der Waals surface area contributed by atoms with Crippen molar-refractivity contribution in [1.29, 1.82) is 0 Å². The molecule has 4 amide bonds. The van der Waals surface area contributed by atoms with Crippen molar-refractivity contribution in [3.05, 3.63) is 24.3 Å². The molecule has 0 radical (unpaired) electrons. The first-order chi connectivity index (χ1) is 35.6. The van der Waals surface area contributed by atoms with Crippen molar-refractivity contribution in [2.24, 2.45) is 11.8 Å². The van der Waals surface area contributed by atoms with Crippen molar-refractivity contribution in [2.75, 3.05) is 59.5 Å². The lowest BCUT2D eigenvalue weighted by Crippen LogP contribution is -2.55. The van der Waals surface area contributed by atoms with Gasteiger partial charge in [0.1, 0.15) is 12.1 Å². The van der Waals surface area contributed by atoms with E-state index in [9.17, 15) is 29.4 Å². The van der Waals surface area contributed by atoms with Crippen LogP contribution in [0.25, 0.3) is 0 Å². The van der Waals surface area contributed by atoms with Crippen LogP contribution < -0.4 is 10.6 Å². The molecule has 4 unspecified atom stereocenters. The van der Waals surface area contributed by atoms with Gasteiger partial charge < -0.3 is 35.5 Å². The monoisotopic (exact) mass is 1030 g/mol. The largest absolute Gasteiger partial charge is 0.395 e. The maximum Gasteiger partial charge on any atom is 0.243 e. The standard InChI is InChI=1S/C62H119N5O6/c1-8-14-18-20-22-24-26-28-30-32-34-36-38-40-42-46-58(71)67(52-54-69)60(56(13-6)44-17-11-4)62(73)64-48-50-65(7)49-47-63-61(72)59(55(12-5)43-16-10-3)66(51-53-68)57(70)45-41-39-37-35-33-31-29-27-25-23-21-19-15-9-2/h27-30,55-56,59-60,68-69H,8-26,31-54H2,1-7H3,(H,63,72)(H,64,73)/b29-27-,30-28-. The number of unbranched alkanes of at least 4 members (excludes halogenated alkanes) is 23. The molecule has 0 fully saturated rings. The first kappa shape index (κ1) is 70.2. The summed E-state index contributed by atoms with van der Waals surface area (Å²) >= 11 is 0. The number of nitrogens with one attached hydrogen (secondary N) is 2. The molecule has 73 heavy (non-hydrogen) atoms. The number of aliphatic hydroxyl groups is 2. The van der Waals surface area contributed by atoms with Crippen molar-refractivity contribution in [2.45, 2.75) is 278 Å². The highest BCUT2D eigenvalue weighted by Gasteiger charge is 2.36. The van der Waals surface area contributed by atoms with Gasteiger partial charge in [-0.3, -0.25) is 19.2 Å². The van der Waals surface area contributed by atoms with Gasteiger partial charge in [-0.15, -0.1) is 0 Å². The van der Waals surface area contributed by atoms with Crippen LogP contribution in [0.4, 0.5) is 0 Å². The molecule has 0 heterocycles. The Morgan fingerprint density at radius 2 is 0.712 bits per heavy atom. The predicted molar refractivity (Wildman–Crippen MR) is 310 cm³/mol. The zero-order chi connectivity index (χ0) is 54.0. The highest BCUT2D eigenvalue weighted by molar-refractivity contribution is 5.88. The normalized spacial score (nSPS) is 13.5. The average molecular weight is 1030 g/mol. The van der Waals surface area contributed by atoms with Gasteiger partial charge in [-0.1, -0.05) is 201 Å². The molecule has 0 spiro atoms. The van der Waals surface area contributed by atoms with E-state index >= 15 is 0 Å². The van der Waals surface area contributed by atoms with E-state index < -0.39 is 12.1 Å². The van der Waals surface area contributed by atoms with Crippen LogP contribution in [-0.4, -0.2) is 120 Å². The fourth-order valence-electron chi connectivity index (χ4n) is 10.2. The van der Waals surface area contributed by atoms with Gasteiger partial charge in [0, 0.05) is 52.1 Å². The second kappa shape index (κ2) is 51.4. The predicted octanol–water partition coefficient (Wildman–Crippen LogP) is 13.6. The van der Waals surface area contributed by atoms with Crippen LogP contribution >= 0.6 is 0 Å². The van der Waals surface area contributed by atoms with E-state index in [0.717, 1.165) is 116 Å². The number of amides is 4. The average Bonchev–Trinajstić information content (AvgIpc) is 3.38. The van der Waals surface area contributed by atoms with Gasteiger partial charge >= 0.3 is 0 Å².